The Hall–Kier alpha value is -2.95. The summed E-state index contributed by atoms with van der Waals surface area (Å²) in [6.07, 6.45) is 9.11. The van der Waals surface area contributed by atoms with Crippen LogP contribution in [0.3, 0.4) is 0 Å². The Morgan fingerprint density at radius 2 is 1.71 bits per heavy atom. The van der Waals surface area contributed by atoms with Crippen molar-refractivity contribution < 1.29 is 9.18 Å². The SMILES string of the molecule is CN(C(=O)n1cnc(-c2cccc(-c3cccc(F)c3)c2)c1)C1CCCCC1. The van der Waals surface area contributed by atoms with E-state index in [1.165, 1.54) is 31.4 Å². The Morgan fingerprint density at radius 3 is 2.46 bits per heavy atom. The molecule has 0 spiro atoms. The fourth-order valence-corrected chi connectivity index (χ4v) is 3.91. The number of nitrogens with zero attached hydrogens (tertiary/aromatic N) is 3. The molecule has 1 aromatic heterocycles. The Balaban J connectivity index is 1.56. The van der Waals surface area contributed by atoms with Crippen molar-refractivity contribution in [2.24, 2.45) is 0 Å². The topological polar surface area (TPSA) is 38.1 Å². The van der Waals surface area contributed by atoms with E-state index < -0.39 is 0 Å². The number of benzene rings is 2. The molecule has 0 aliphatic heterocycles. The summed E-state index contributed by atoms with van der Waals surface area (Å²) in [5.74, 6) is -0.261. The highest BCUT2D eigenvalue weighted by Crippen LogP contribution is 2.26. The minimum absolute atomic E-state index is 0.0491. The summed E-state index contributed by atoms with van der Waals surface area (Å²) in [6.45, 7) is 0. The average molecular weight is 377 g/mol. The van der Waals surface area contributed by atoms with Gasteiger partial charge in [-0.3, -0.25) is 4.57 Å². The molecule has 3 aromatic rings. The minimum Gasteiger partial charge on any atom is -0.324 e. The third-order valence-electron chi connectivity index (χ3n) is 5.54. The van der Waals surface area contributed by atoms with Crippen LogP contribution in [0.15, 0.2) is 61.1 Å². The number of hydrogen-bond donors (Lipinski definition) is 0. The largest absolute Gasteiger partial charge is 0.329 e. The van der Waals surface area contributed by atoms with Gasteiger partial charge >= 0.3 is 6.03 Å². The summed E-state index contributed by atoms with van der Waals surface area (Å²) in [7, 11) is 1.88. The number of amides is 1. The lowest BCUT2D eigenvalue weighted by Crippen LogP contribution is -2.40. The molecule has 4 rings (SSSR count). The number of hydrogen-bond acceptors (Lipinski definition) is 2. The van der Waals surface area contributed by atoms with E-state index in [0.717, 1.165) is 35.2 Å². The molecule has 1 amide bonds. The van der Waals surface area contributed by atoms with Crippen molar-refractivity contribution >= 4 is 6.03 Å². The average Bonchev–Trinajstić information content (AvgIpc) is 3.24. The van der Waals surface area contributed by atoms with Gasteiger partial charge in [-0.25, -0.2) is 14.2 Å². The second-order valence-electron chi connectivity index (χ2n) is 7.44. The summed E-state index contributed by atoms with van der Waals surface area (Å²) in [4.78, 5) is 19.1. The van der Waals surface area contributed by atoms with Crippen LogP contribution in [0.4, 0.5) is 9.18 Å². The third-order valence-corrected chi connectivity index (χ3v) is 5.54. The molecule has 1 aliphatic rings. The number of halogens is 1. The molecule has 144 valence electrons. The summed E-state index contributed by atoms with van der Waals surface area (Å²) in [6, 6.07) is 14.6. The fourth-order valence-electron chi connectivity index (χ4n) is 3.91. The molecular formula is C23H24FN3O. The molecule has 0 N–H and O–H groups in total. The maximum Gasteiger partial charge on any atom is 0.329 e. The zero-order chi connectivity index (χ0) is 19.5. The van der Waals surface area contributed by atoms with Crippen molar-refractivity contribution in [3.63, 3.8) is 0 Å². The number of aromatic nitrogens is 2. The van der Waals surface area contributed by atoms with E-state index >= 15 is 0 Å². The van der Waals surface area contributed by atoms with E-state index in [1.807, 2.05) is 42.3 Å². The number of carbonyl (C=O) groups excluding carboxylic acids is 1. The molecule has 28 heavy (non-hydrogen) atoms. The molecule has 0 bridgehead atoms. The molecule has 0 atom stereocenters. The zero-order valence-corrected chi connectivity index (χ0v) is 16.0. The molecule has 0 saturated heterocycles. The van der Waals surface area contributed by atoms with E-state index in [4.69, 9.17) is 0 Å². The third kappa shape index (κ3) is 3.84. The predicted molar refractivity (Wildman–Crippen MR) is 108 cm³/mol. The predicted octanol–water partition coefficient (Wildman–Crippen LogP) is 5.59. The quantitative estimate of drug-likeness (QED) is 0.597. The van der Waals surface area contributed by atoms with Gasteiger partial charge < -0.3 is 4.90 Å². The van der Waals surface area contributed by atoms with E-state index in [-0.39, 0.29) is 11.8 Å². The smallest absolute Gasteiger partial charge is 0.324 e. The molecule has 1 saturated carbocycles. The van der Waals surface area contributed by atoms with Gasteiger partial charge in [0.25, 0.3) is 0 Å². The van der Waals surface area contributed by atoms with Crippen molar-refractivity contribution in [2.75, 3.05) is 7.05 Å². The van der Waals surface area contributed by atoms with E-state index in [9.17, 15) is 9.18 Å². The normalized spacial score (nSPS) is 14.8. The fraction of sp³-hybridized carbons (Fsp3) is 0.304. The van der Waals surface area contributed by atoms with Gasteiger partial charge in [0.1, 0.15) is 12.1 Å². The lowest BCUT2D eigenvalue weighted by molar-refractivity contribution is 0.175. The molecule has 0 unspecified atom stereocenters. The van der Waals surface area contributed by atoms with Gasteiger partial charge in [-0.15, -0.1) is 0 Å². The van der Waals surface area contributed by atoms with Gasteiger partial charge in [-0.2, -0.15) is 0 Å². The van der Waals surface area contributed by atoms with Gasteiger partial charge in [-0.1, -0.05) is 49.6 Å². The van der Waals surface area contributed by atoms with Gasteiger partial charge in [0, 0.05) is 24.8 Å². The number of carbonyl (C=O) groups is 1. The van der Waals surface area contributed by atoms with Gasteiger partial charge in [-0.05, 0) is 42.2 Å². The van der Waals surface area contributed by atoms with Crippen LogP contribution < -0.4 is 0 Å². The van der Waals surface area contributed by atoms with Crippen molar-refractivity contribution in [1.29, 1.82) is 0 Å². The van der Waals surface area contributed by atoms with Crippen LogP contribution in [-0.4, -0.2) is 33.6 Å². The Labute approximate surface area is 164 Å². The van der Waals surface area contributed by atoms with E-state index in [0.29, 0.717) is 6.04 Å². The Bertz CT molecular complexity index is 975. The number of imidazole rings is 1. The van der Waals surface area contributed by atoms with Crippen molar-refractivity contribution in [2.45, 2.75) is 38.1 Å². The second kappa shape index (κ2) is 7.97. The van der Waals surface area contributed by atoms with Gasteiger partial charge in [0.05, 0.1) is 5.69 Å². The Morgan fingerprint density at radius 1 is 1.04 bits per heavy atom. The highest BCUT2D eigenvalue weighted by molar-refractivity contribution is 5.79. The van der Waals surface area contributed by atoms with E-state index in [2.05, 4.69) is 4.98 Å². The molecule has 1 fully saturated rings. The second-order valence-corrected chi connectivity index (χ2v) is 7.44. The molecule has 1 heterocycles. The maximum atomic E-state index is 13.5. The van der Waals surface area contributed by atoms with Crippen LogP contribution in [0.2, 0.25) is 0 Å². The van der Waals surface area contributed by atoms with Crippen LogP contribution in [0, 0.1) is 5.82 Å². The van der Waals surface area contributed by atoms with Crippen molar-refractivity contribution in [1.82, 2.24) is 14.5 Å². The summed E-state index contributed by atoms with van der Waals surface area (Å²) >= 11 is 0. The molecule has 5 heteroatoms. The number of rotatable bonds is 3. The zero-order valence-electron chi connectivity index (χ0n) is 16.0. The molecule has 0 radical (unpaired) electrons. The maximum absolute atomic E-state index is 13.5. The summed E-state index contributed by atoms with van der Waals surface area (Å²) < 4.78 is 15.1. The van der Waals surface area contributed by atoms with Crippen molar-refractivity contribution in [3.05, 3.63) is 66.9 Å². The first-order chi connectivity index (χ1) is 13.6. The van der Waals surface area contributed by atoms with Crippen LogP contribution in [0.25, 0.3) is 22.4 Å². The monoisotopic (exact) mass is 377 g/mol. The van der Waals surface area contributed by atoms with Gasteiger partial charge in [0.2, 0.25) is 0 Å². The van der Waals surface area contributed by atoms with Crippen LogP contribution in [0.1, 0.15) is 32.1 Å². The molecule has 4 nitrogen and oxygen atoms in total. The lowest BCUT2D eigenvalue weighted by Gasteiger charge is -2.31. The Kier molecular flexibility index (Phi) is 5.24. The minimum atomic E-state index is -0.261. The van der Waals surface area contributed by atoms with Crippen molar-refractivity contribution in [3.8, 4) is 22.4 Å². The summed E-state index contributed by atoms with van der Waals surface area (Å²) in [5.41, 5.74) is 3.35. The van der Waals surface area contributed by atoms with Crippen LogP contribution in [0.5, 0.6) is 0 Å². The molecular weight excluding hydrogens is 353 g/mol. The highest BCUT2D eigenvalue weighted by atomic mass is 19.1. The molecule has 1 aliphatic carbocycles. The van der Waals surface area contributed by atoms with E-state index in [1.54, 1.807) is 23.2 Å². The first kappa shape index (κ1) is 18.4. The summed E-state index contributed by atoms with van der Waals surface area (Å²) in [5, 5.41) is 0. The lowest BCUT2D eigenvalue weighted by atomic mass is 9.95. The van der Waals surface area contributed by atoms with Gasteiger partial charge in [0.15, 0.2) is 0 Å². The first-order valence-corrected chi connectivity index (χ1v) is 9.79. The highest BCUT2D eigenvalue weighted by Gasteiger charge is 2.23. The molecule has 2 aromatic carbocycles. The standard InChI is InChI=1S/C23H24FN3O/c1-26(21-11-3-2-4-12-21)23(28)27-15-22(25-16-27)19-9-5-7-17(13-19)18-8-6-10-20(24)14-18/h5-10,13-16,21H,2-4,11-12H2,1H3. The first-order valence-electron chi connectivity index (χ1n) is 9.79. The van der Waals surface area contributed by atoms with Crippen LogP contribution >= 0.6 is 0 Å². The van der Waals surface area contributed by atoms with Crippen LogP contribution in [-0.2, 0) is 0 Å².